The van der Waals surface area contributed by atoms with Crippen molar-refractivity contribution in [3.05, 3.63) is 29.8 Å². The van der Waals surface area contributed by atoms with Crippen LogP contribution in [0.3, 0.4) is 0 Å². The molecule has 2 atom stereocenters. The Morgan fingerprint density at radius 3 is 2.35 bits per heavy atom. The second-order valence-electron chi connectivity index (χ2n) is 4.58. The van der Waals surface area contributed by atoms with E-state index in [9.17, 15) is 32.2 Å². The fraction of sp³-hybridized carbons (Fsp3) is 0.333. The monoisotopic (exact) mass is 355 g/mol. The summed E-state index contributed by atoms with van der Waals surface area (Å²) >= 11 is 0. The molecule has 7 nitrogen and oxygen atoms in total. The lowest BCUT2D eigenvalue weighted by atomic mass is 10.2. The van der Waals surface area contributed by atoms with Crippen LogP contribution in [0.1, 0.15) is 18.4 Å². The van der Waals surface area contributed by atoms with Crippen molar-refractivity contribution in [2.24, 2.45) is 0 Å². The van der Waals surface area contributed by atoms with Crippen LogP contribution in [0.25, 0.3) is 0 Å². The molecule has 2 unspecified atom stereocenters. The highest BCUT2D eigenvalue weighted by Gasteiger charge is 2.34. The zero-order valence-corrected chi connectivity index (χ0v) is 12.3. The summed E-state index contributed by atoms with van der Waals surface area (Å²) in [4.78, 5) is 31.2. The average molecular weight is 355 g/mol. The molecule has 0 saturated heterocycles. The third kappa shape index (κ3) is 5.66. The molecule has 0 aliphatic heterocycles. The minimum absolute atomic E-state index is 0.434. The van der Waals surface area contributed by atoms with Crippen LogP contribution in [0, 0.1) is 0 Å². The van der Waals surface area contributed by atoms with E-state index >= 15 is 0 Å². The van der Waals surface area contributed by atoms with Crippen molar-refractivity contribution in [2.45, 2.75) is 25.1 Å². The number of aliphatic carboxylic acids is 2. The molecule has 11 heteroatoms. The van der Waals surface area contributed by atoms with Crippen LogP contribution in [-0.4, -0.2) is 33.1 Å². The quantitative estimate of drug-likeness (QED) is 0.545. The van der Waals surface area contributed by atoms with Crippen molar-refractivity contribution in [1.29, 1.82) is 0 Å². The molecule has 0 aromatic heterocycles. The molecule has 0 amide bonds. The predicted octanol–water partition coefficient (Wildman–Crippen LogP) is 1.42. The Morgan fingerprint density at radius 2 is 1.87 bits per heavy atom. The Balaban J connectivity index is 3.03. The van der Waals surface area contributed by atoms with Crippen molar-refractivity contribution in [1.82, 2.24) is 5.09 Å². The van der Waals surface area contributed by atoms with Crippen LogP contribution >= 0.6 is 7.52 Å². The Labute approximate surface area is 128 Å². The number of carbonyl (C=O) groups is 2. The number of carboxylic acid groups (broad SMARTS) is 2. The van der Waals surface area contributed by atoms with Gasteiger partial charge in [0.25, 0.3) is 7.52 Å². The Hall–Kier alpha value is -1.90. The van der Waals surface area contributed by atoms with E-state index in [1.54, 1.807) is 0 Å². The van der Waals surface area contributed by atoms with Crippen molar-refractivity contribution in [3.63, 3.8) is 0 Å². The van der Waals surface area contributed by atoms with E-state index in [1.165, 1.54) is 0 Å². The number of nitrogens with one attached hydrogen (secondary N) is 1. The minimum Gasteiger partial charge on any atom is -0.481 e. The number of alkyl halides is 3. The van der Waals surface area contributed by atoms with Crippen LogP contribution in [-0.2, 0) is 20.3 Å². The first-order valence-corrected chi connectivity index (χ1v) is 7.82. The third-order valence-corrected chi connectivity index (χ3v) is 4.44. The van der Waals surface area contributed by atoms with Crippen molar-refractivity contribution >= 4 is 24.8 Å². The van der Waals surface area contributed by atoms with Gasteiger partial charge in [-0.15, -0.1) is 0 Å². The second kappa shape index (κ2) is 7.12. The van der Waals surface area contributed by atoms with Gasteiger partial charge in [-0.2, -0.15) is 13.2 Å². The first kappa shape index (κ1) is 19.1. The Morgan fingerprint density at radius 1 is 1.26 bits per heavy atom. The van der Waals surface area contributed by atoms with Crippen molar-refractivity contribution < 1.29 is 42.4 Å². The van der Waals surface area contributed by atoms with Crippen LogP contribution in [0.5, 0.6) is 0 Å². The molecule has 4 N–H and O–H groups in total. The molecule has 1 aromatic rings. The van der Waals surface area contributed by atoms with E-state index in [4.69, 9.17) is 10.2 Å². The summed E-state index contributed by atoms with van der Waals surface area (Å²) in [7, 11) is -4.64. The maximum Gasteiger partial charge on any atom is 0.416 e. The molecule has 0 aliphatic rings. The number of carboxylic acids is 2. The molecule has 0 radical (unpaired) electrons. The lowest BCUT2D eigenvalue weighted by Gasteiger charge is -2.19. The number of hydrogen-bond donors (Lipinski definition) is 4. The molecule has 0 saturated carbocycles. The van der Waals surface area contributed by atoms with Crippen LogP contribution in [0.2, 0.25) is 0 Å². The zero-order chi connectivity index (χ0) is 17.8. The normalized spacial score (nSPS) is 15.7. The number of hydrogen-bond acceptors (Lipinski definition) is 3. The maximum absolute atomic E-state index is 12.6. The Kier molecular flexibility index (Phi) is 5.92. The highest BCUT2D eigenvalue weighted by Crippen LogP contribution is 2.37. The van der Waals surface area contributed by atoms with Gasteiger partial charge in [-0.3, -0.25) is 14.2 Å². The van der Waals surface area contributed by atoms with Crippen LogP contribution in [0.4, 0.5) is 13.2 Å². The summed E-state index contributed by atoms with van der Waals surface area (Å²) in [5, 5.41) is 18.6. The fourth-order valence-corrected chi connectivity index (χ4v) is 3.08. The molecule has 0 aliphatic carbocycles. The van der Waals surface area contributed by atoms with E-state index in [-0.39, 0.29) is 0 Å². The molecule has 0 fully saturated rings. The summed E-state index contributed by atoms with van der Waals surface area (Å²) in [6.07, 6.45) is -5.83. The molecule has 1 aromatic carbocycles. The smallest absolute Gasteiger partial charge is 0.416 e. The first-order chi connectivity index (χ1) is 10.4. The standard InChI is InChI=1S/C12H13F3NO6P/c13-12(14,15)7-2-1-3-8(6-7)23(21,22)16-9(11(19)20)4-5-10(17)18/h1-3,6,9H,4-5H2,(H,17,18)(H,19,20)(H2,16,21,22). The zero-order valence-electron chi connectivity index (χ0n) is 11.4. The molecule has 0 spiro atoms. The van der Waals surface area contributed by atoms with Gasteiger partial charge in [-0.1, -0.05) is 6.07 Å². The minimum atomic E-state index is -4.73. The lowest BCUT2D eigenvalue weighted by molar-refractivity contribution is -0.140. The molecule has 23 heavy (non-hydrogen) atoms. The summed E-state index contributed by atoms with van der Waals surface area (Å²) in [5.41, 5.74) is -1.16. The summed E-state index contributed by atoms with van der Waals surface area (Å²) in [6.45, 7) is 0. The van der Waals surface area contributed by atoms with E-state index in [0.717, 1.165) is 12.1 Å². The number of benzene rings is 1. The van der Waals surface area contributed by atoms with Gasteiger partial charge in [0.1, 0.15) is 6.04 Å². The third-order valence-electron chi connectivity index (χ3n) is 2.80. The highest BCUT2D eigenvalue weighted by atomic mass is 31.2. The molecule has 0 bridgehead atoms. The summed E-state index contributed by atoms with van der Waals surface area (Å²) < 4.78 is 49.9. The largest absolute Gasteiger partial charge is 0.481 e. The molecule has 128 valence electrons. The summed E-state index contributed by atoms with van der Waals surface area (Å²) in [6, 6.07) is 1.29. The number of rotatable bonds is 7. The first-order valence-electron chi connectivity index (χ1n) is 6.16. The van der Waals surface area contributed by atoms with Crippen LogP contribution in [0.15, 0.2) is 24.3 Å². The molecule has 1 rings (SSSR count). The highest BCUT2D eigenvalue weighted by molar-refractivity contribution is 7.64. The van der Waals surface area contributed by atoms with E-state index in [1.807, 2.05) is 5.09 Å². The topological polar surface area (TPSA) is 124 Å². The van der Waals surface area contributed by atoms with Gasteiger partial charge in [0, 0.05) is 6.42 Å². The SMILES string of the molecule is O=C(O)CCC(NP(=O)(O)c1cccc(C(F)(F)F)c1)C(=O)O. The summed E-state index contributed by atoms with van der Waals surface area (Å²) in [5.74, 6) is -2.91. The van der Waals surface area contributed by atoms with Gasteiger partial charge in [-0.05, 0) is 24.6 Å². The predicted molar refractivity (Wildman–Crippen MR) is 72.3 cm³/mol. The Bertz CT molecular complexity index is 648. The fourth-order valence-electron chi connectivity index (χ4n) is 1.67. The maximum atomic E-state index is 12.6. The second-order valence-corrected chi connectivity index (χ2v) is 6.50. The van der Waals surface area contributed by atoms with Crippen LogP contribution < -0.4 is 10.4 Å². The number of halogens is 3. The van der Waals surface area contributed by atoms with Gasteiger partial charge in [-0.25, -0.2) is 5.09 Å². The van der Waals surface area contributed by atoms with Gasteiger partial charge < -0.3 is 15.1 Å². The van der Waals surface area contributed by atoms with E-state index < -0.39 is 55.4 Å². The molecular weight excluding hydrogens is 342 g/mol. The van der Waals surface area contributed by atoms with Gasteiger partial charge in [0.2, 0.25) is 0 Å². The molecule has 0 heterocycles. The van der Waals surface area contributed by atoms with Crippen molar-refractivity contribution in [3.8, 4) is 0 Å². The lowest BCUT2D eigenvalue weighted by Crippen LogP contribution is -2.37. The van der Waals surface area contributed by atoms with Gasteiger partial charge >= 0.3 is 18.1 Å². The average Bonchev–Trinajstić information content (AvgIpc) is 2.42. The van der Waals surface area contributed by atoms with Gasteiger partial charge in [0.05, 0.1) is 10.9 Å². The van der Waals surface area contributed by atoms with E-state index in [2.05, 4.69) is 0 Å². The van der Waals surface area contributed by atoms with Crippen molar-refractivity contribution in [2.75, 3.05) is 0 Å². The van der Waals surface area contributed by atoms with E-state index in [0.29, 0.717) is 12.1 Å². The molecular formula is C12H13F3NO6P. The van der Waals surface area contributed by atoms with Gasteiger partial charge in [0.15, 0.2) is 0 Å².